The molecule has 0 spiro atoms. The summed E-state index contributed by atoms with van der Waals surface area (Å²) < 4.78 is 41.0. The monoisotopic (exact) mass is 606 g/mol. The first-order valence-corrected chi connectivity index (χ1v) is 17.0. The zero-order valence-electron chi connectivity index (χ0n) is 24.5. The van der Waals surface area contributed by atoms with Gasteiger partial charge < -0.3 is 14.8 Å². The van der Waals surface area contributed by atoms with Gasteiger partial charge in [0.2, 0.25) is 0 Å². The Bertz CT molecular complexity index is 2020. The molecule has 0 atom stereocenters. The van der Waals surface area contributed by atoms with Crippen molar-refractivity contribution < 1.29 is 12.8 Å². The second-order valence-corrected chi connectivity index (χ2v) is 14.2. The Morgan fingerprint density at radius 3 is 1.86 bits per heavy atom. The number of H-pyrrole nitrogens is 1. The van der Waals surface area contributed by atoms with Crippen LogP contribution in [0.4, 0.5) is 4.39 Å². The van der Waals surface area contributed by atoms with E-state index in [1.54, 1.807) is 11.8 Å². The highest BCUT2D eigenvalue weighted by Gasteiger charge is 2.31. The third-order valence-corrected chi connectivity index (χ3v) is 11.5. The lowest BCUT2D eigenvalue weighted by molar-refractivity contribution is 0.252. The number of benzene rings is 3. The van der Waals surface area contributed by atoms with Crippen molar-refractivity contribution in [1.29, 1.82) is 0 Å². The fourth-order valence-electron chi connectivity index (χ4n) is 7.47. The Hall–Kier alpha value is -4.30. The SMILES string of the molecule is C1=C(c2c[nH]c3ccccc23)C2CCN1CC2.O=S(=O)(c1ccc(F)cc1)n1cc(C2=CN3CCC2CC3)c2ccccc21. The van der Waals surface area contributed by atoms with Crippen LogP contribution in [0.15, 0.2) is 102 Å². The van der Waals surface area contributed by atoms with Gasteiger partial charge in [-0.3, -0.25) is 0 Å². The molecule has 0 amide bonds. The van der Waals surface area contributed by atoms with Crippen molar-refractivity contribution in [1.82, 2.24) is 18.8 Å². The summed E-state index contributed by atoms with van der Waals surface area (Å²) in [5, 5.41) is 2.30. The second kappa shape index (κ2) is 10.7. The highest BCUT2D eigenvalue weighted by molar-refractivity contribution is 7.90. The van der Waals surface area contributed by atoms with E-state index in [2.05, 4.69) is 57.6 Å². The molecule has 6 nitrogen and oxygen atoms in total. The van der Waals surface area contributed by atoms with E-state index in [9.17, 15) is 12.8 Å². The van der Waals surface area contributed by atoms with Gasteiger partial charge in [0.05, 0.1) is 10.4 Å². The lowest BCUT2D eigenvalue weighted by atomic mass is 9.82. The van der Waals surface area contributed by atoms with Gasteiger partial charge in [0.15, 0.2) is 0 Å². The standard InChI is InChI=1S/C21H19FN2O2S.C15H16N2/c22-16-5-7-17(8-6-16)27(25,26)24-14-20(18-3-1-2-4-21(18)24)19-13-23-11-9-15(19)10-12-23;1-2-4-15-12(3-1)13(9-16-15)14-10-17-7-5-11(14)6-8-17/h1-8,13-15H,9-12H2;1-4,9-11,16H,5-8H2. The van der Waals surface area contributed by atoms with Crippen LogP contribution in [-0.4, -0.2) is 53.4 Å². The molecular weight excluding hydrogens is 571 g/mol. The van der Waals surface area contributed by atoms with Crippen molar-refractivity contribution in [2.75, 3.05) is 26.2 Å². The van der Waals surface area contributed by atoms with E-state index in [0.29, 0.717) is 11.4 Å². The Balaban J connectivity index is 0.000000145. The number of hydrogen-bond acceptors (Lipinski definition) is 4. The van der Waals surface area contributed by atoms with Crippen LogP contribution >= 0.6 is 0 Å². The van der Waals surface area contributed by atoms with Crippen molar-refractivity contribution in [2.45, 2.75) is 30.6 Å². The zero-order valence-corrected chi connectivity index (χ0v) is 25.3. The van der Waals surface area contributed by atoms with Crippen LogP contribution in [0.5, 0.6) is 0 Å². The number of allylic oxidation sites excluding steroid dienone is 2. The van der Waals surface area contributed by atoms with Gasteiger partial charge in [-0.1, -0.05) is 36.4 Å². The fourth-order valence-corrected chi connectivity index (χ4v) is 8.84. The number of halogens is 1. The van der Waals surface area contributed by atoms with Crippen LogP contribution in [0.25, 0.3) is 33.0 Å². The molecule has 44 heavy (non-hydrogen) atoms. The van der Waals surface area contributed by atoms with Crippen LogP contribution in [0, 0.1) is 17.7 Å². The highest BCUT2D eigenvalue weighted by atomic mass is 32.2. The quantitative estimate of drug-likeness (QED) is 0.233. The molecule has 4 bridgehead atoms. The highest BCUT2D eigenvalue weighted by Crippen LogP contribution is 2.42. The van der Waals surface area contributed by atoms with Crippen LogP contribution in [0.2, 0.25) is 0 Å². The normalized spacial score (nSPS) is 18.5. The number of hydrogen-bond donors (Lipinski definition) is 1. The molecule has 11 rings (SSSR count). The second-order valence-electron chi connectivity index (χ2n) is 12.4. The van der Waals surface area contributed by atoms with Gasteiger partial charge >= 0.3 is 0 Å². The first-order valence-electron chi connectivity index (χ1n) is 15.6. The summed E-state index contributed by atoms with van der Waals surface area (Å²) in [7, 11) is -3.80. The number of nitrogens with one attached hydrogen (secondary N) is 1. The first kappa shape index (κ1) is 27.3. The molecule has 224 valence electrons. The average molecular weight is 607 g/mol. The van der Waals surface area contributed by atoms with Gasteiger partial charge in [-0.2, -0.15) is 0 Å². The van der Waals surface area contributed by atoms with E-state index in [1.165, 1.54) is 76.2 Å². The predicted octanol–water partition coefficient (Wildman–Crippen LogP) is 7.32. The summed E-state index contributed by atoms with van der Waals surface area (Å²) in [5.74, 6) is 0.798. The van der Waals surface area contributed by atoms with Crippen molar-refractivity contribution in [3.05, 3.63) is 115 Å². The number of aromatic nitrogens is 2. The first-order chi connectivity index (χ1) is 21.5. The van der Waals surface area contributed by atoms with Crippen LogP contribution < -0.4 is 0 Å². The lowest BCUT2D eigenvalue weighted by Crippen LogP contribution is -2.35. The largest absolute Gasteiger partial charge is 0.377 e. The van der Waals surface area contributed by atoms with Crippen molar-refractivity contribution >= 4 is 43.0 Å². The van der Waals surface area contributed by atoms with Gasteiger partial charge in [0.1, 0.15) is 5.82 Å². The maximum atomic E-state index is 13.2. The molecule has 2 saturated heterocycles. The molecule has 8 heteroatoms. The molecule has 0 radical (unpaired) electrons. The van der Waals surface area contributed by atoms with E-state index in [1.807, 2.05) is 24.3 Å². The van der Waals surface area contributed by atoms with Gasteiger partial charge in [-0.15, -0.1) is 0 Å². The van der Waals surface area contributed by atoms with Gasteiger partial charge in [-0.25, -0.2) is 16.8 Å². The molecule has 0 unspecified atom stereocenters. The van der Waals surface area contributed by atoms with E-state index < -0.39 is 15.8 Å². The summed E-state index contributed by atoms with van der Waals surface area (Å²) in [6.45, 7) is 4.63. The zero-order chi connectivity index (χ0) is 29.8. The maximum absolute atomic E-state index is 13.2. The topological polar surface area (TPSA) is 61.3 Å². The minimum absolute atomic E-state index is 0.0825. The molecule has 2 aromatic heterocycles. The summed E-state index contributed by atoms with van der Waals surface area (Å²) >= 11 is 0. The molecule has 3 aromatic carbocycles. The molecule has 0 aliphatic carbocycles. The molecule has 1 N–H and O–H groups in total. The van der Waals surface area contributed by atoms with E-state index in [0.717, 1.165) is 42.8 Å². The number of rotatable bonds is 4. The molecule has 8 heterocycles. The number of nitrogens with zero attached hydrogens (tertiary/aromatic N) is 3. The molecule has 6 aliphatic heterocycles. The Morgan fingerprint density at radius 2 is 1.25 bits per heavy atom. The number of aromatic amines is 1. The van der Waals surface area contributed by atoms with Crippen molar-refractivity contribution in [3.63, 3.8) is 0 Å². The summed E-state index contributed by atoms with van der Waals surface area (Å²) in [5.41, 5.74) is 7.05. The predicted molar refractivity (Wildman–Crippen MR) is 174 cm³/mol. The number of piperidine rings is 2. The number of para-hydroxylation sites is 2. The summed E-state index contributed by atoms with van der Waals surface area (Å²) in [6.07, 6.45) is 13.3. The van der Waals surface area contributed by atoms with Crippen molar-refractivity contribution in [2.24, 2.45) is 11.8 Å². The lowest BCUT2D eigenvalue weighted by Gasteiger charge is -2.39. The maximum Gasteiger partial charge on any atom is 0.268 e. The molecule has 5 aromatic rings. The average Bonchev–Trinajstić information content (AvgIpc) is 3.69. The smallest absolute Gasteiger partial charge is 0.268 e. The Morgan fingerprint density at radius 1 is 0.682 bits per heavy atom. The molecular formula is C36H35FN4O2S. The Kier molecular flexibility index (Phi) is 6.63. The molecule has 6 aliphatic rings. The third-order valence-electron chi connectivity index (χ3n) is 9.84. The van der Waals surface area contributed by atoms with Gasteiger partial charge in [-0.05, 0) is 85.1 Å². The van der Waals surface area contributed by atoms with Gasteiger partial charge in [0.25, 0.3) is 10.0 Å². The fraction of sp³-hybridized carbons (Fsp3) is 0.278. The van der Waals surface area contributed by atoms with E-state index in [4.69, 9.17) is 0 Å². The third kappa shape index (κ3) is 4.63. The van der Waals surface area contributed by atoms with E-state index in [-0.39, 0.29) is 4.90 Å². The number of fused-ring (bicyclic) bond motifs is 6. The summed E-state index contributed by atoms with van der Waals surface area (Å²) in [6, 6.07) is 21.1. The molecule has 2 fully saturated rings. The van der Waals surface area contributed by atoms with E-state index >= 15 is 0 Å². The summed E-state index contributed by atoms with van der Waals surface area (Å²) in [4.78, 5) is 8.25. The van der Waals surface area contributed by atoms with Crippen molar-refractivity contribution in [3.8, 4) is 0 Å². The molecule has 0 saturated carbocycles. The minimum atomic E-state index is -3.80. The van der Waals surface area contributed by atoms with Crippen LogP contribution in [0.1, 0.15) is 36.8 Å². The minimum Gasteiger partial charge on any atom is -0.377 e. The van der Waals surface area contributed by atoms with Crippen LogP contribution in [0.3, 0.4) is 0 Å². The Labute approximate surface area is 257 Å². The van der Waals surface area contributed by atoms with Crippen LogP contribution in [-0.2, 0) is 10.0 Å². The van der Waals surface area contributed by atoms with Gasteiger partial charge in [0, 0.05) is 78.4 Å².